The standard InChI is InChI=1S/C12H12Cl2N2O5/c13-5-3-6(12(20)21)10(7(14)4-5)16-11(19)8(15)1-2-9(17)18/h3-4,8H,1-2,15H2,(H,16,19)(H,17,18)(H,20,21). The summed E-state index contributed by atoms with van der Waals surface area (Å²) in [7, 11) is 0. The number of amides is 1. The van der Waals surface area contributed by atoms with Crippen molar-refractivity contribution in [3.05, 3.63) is 27.7 Å². The number of carbonyl (C=O) groups is 3. The van der Waals surface area contributed by atoms with Crippen molar-refractivity contribution in [3.63, 3.8) is 0 Å². The van der Waals surface area contributed by atoms with Crippen LogP contribution in [0.3, 0.4) is 0 Å². The lowest BCUT2D eigenvalue weighted by Gasteiger charge is -2.14. The molecule has 1 aromatic rings. The first-order chi connectivity index (χ1) is 9.72. The number of carboxylic acids is 2. The van der Waals surface area contributed by atoms with Crippen LogP contribution in [0.15, 0.2) is 12.1 Å². The average Bonchev–Trinajstić information content (AvgIpc) is 2.38. The van der Waals surface area contributed by atoms with E-state index in [0.29, 0.717) is 0 Å². The van der Waals surface area contributed by atoms with Crippen LogP contribution in [0, 0.1) is 0 Å². The number of carbonyl (C=O) groups excluding carboxylic acids is 1. The lowest BCUT2D eigenvalue weighted by Crippen LogP contribution is -2.36. The molecule has 0 aliphatic rings. The van der Waals surface area contributed by atoms with Crippen LogP contribution in [0.2, 0.25) is 10.0 Å². The molecule has 1 atom stereocenters. The minimum atomic E-state index is -1.33. The molecule has 5 N–H and O–H groups in total. The summed E-state index contributed by atoms with van der Waals surface area (Å²) < 4.78 is 0. The number of anilines is 1. The van der Waals surface area contributed by atoms with E-state index in [1.54, 1.807) is 0 Å². The Hall–Kier alpha value is -1.83. The molecule has 0 aliphatic heterocycles. The molecule has 1 rings (SSSR count). The van der Waals surface area contributed by atoms with Gasteiger partial charge in [-0.3, -0.25) is 9.59 Å². The van der Waals surface area contributed by atoms with Gasteiger partial charge in [-0.2, -0.15) is 0 Å². The molecule has 1 amide bonds. The second-order valence-electron chi connectivity index (χ2n) is 4.14. The molecular formula is C12H12Cl2N2O5. The number of carboxylic acid groups (broad SMARTS) is 2. The summed E-state index contributed by atoms with van der Waals surface area (Å²) in [5.74, 6) is -3.15. The van der Waals surface area contributed by atoms with Crippen LogP contribution in [-0.2, 0) is 9.59 Å². The molecular weight excluding hydrogens is 323 g/mol. The second-order valence-corrected chi connectivity index (χ2v) is 4.99. The zero-order valence-corrected chi connectivity index (χ0v) is 12.1. The topological polar surface area (TPSA) is 130 Å². The van der Waals surface area contributed by atoms with Gasteiger partial charge in [-0.05, 0) is 18.6 Å². The zero-order chi connectivity index (χ0) is 16.2. The molecule has 114 valence electrons. The average molecular weight is 335 g/mol. The molecule has 0 spiro atoms. The van der Waals surface area contributed by atoms with Gasteiger partial charge in [-0.15, -0.1) is 0 Å². The van der Waals surface area contributed by atoms with Gasteiger partial charge < -0.3 is 21.3 Å². The van der Waals surface area contributed by atoms with E-state index >= 15 is 0 Å². The van der Waals surface area contributed by atoms with E-state index in [9.17, 15) is 14.4 Å². The Bertz CT molecular complexity index is 591. The number of rotatable bonds is 6. The van der Waals surface area contributed by atoms with Crippen LogP contribution in [0.5, 0.6) is 0 Å². The molecule has 0 bridgehead atoms. The predicted molar refractivity (Wildman–Crippen MR) is 76.9 cm³/mol. The minimum absolute atomic E-state index is 0.0568. The summed E-state index contributed by atoms with van der Waals surface area (Å²) in [4.78, 5) is 33.4. The van der Waals surface area contributed by atoms with Crippen molar-refractivity contribution in [1.29, 1.82) is 0 Å². The predicted octanol–water partition coefficient (Wildman–Crippen LogP) is 1.82. The summed E-state index contributed by atoms with van der Waals surface area (Å²) in [6.45, 7) is 0. The molecule has 1 aromatic carbocycles. The third-order valence-electron chi connectivity index (χ3n) is 2.54. The summed E-state index contributed by atoms with van der Waals surface area (Å²) in [5.41, 5.74) is 5.11. The quantitative estimate of drug-likeness (QED) is 0.627. The molecule has 0 heterocycles. The molecule has 7 nitrogen and oxygen atoms in total. The monoisotopic (exact) mass is 334 g/mol. The molecule has 0 saturated carbocycles. The Morgan fingerprint density at radius 3 is 2.38 bits per heavy atom. The fourth-order valence-electron chi connectivity index (χ4n) is 1.50. The first kappa shape index (κ1) is 17.2. The maximum atomic E-state index is 11.8. The number of nitrogens with two attached hydrogens (primary N) is 1. The zero-order valence-electron chi connectivity index (χ0n) is 10.6. The second kappa shape index (κ2) is 7.26. The van der Waals surface area contributed by atoms with E-state index in [-0.39, 0.29) is 34.1 Å². The smallest absolute Gasteiger partial charge is 0.337 e. The van der Waals surface area contributed by atoms with E-state index in [0.717, 1.165) is 6.07 Å². The van der Waals surface area contributed by atoms with Gasteiger partial charge in [-0.1, -0.05) is 23.2 Å². The number of hydrogen-bond acceptors (Lipinski definition) is 4. The number of halogens is 2. The molecule has 0 aliphatic carbocycles. The highest BCUT2D eigenvalue weighted by Gasteiger charge is 2.21. The Morgan fingerprint density at radius 2 is 1.86 bits per heavy atom. The highest BCUT2D eigenvalue weighted by molar-refractivity contribution is 6.37. The Kier molecular flexibility index (Phi) is 5.95. The van der Waals surface area contributed by atoms with Crippen LogP contribution < -0.4 is 11.1 Å². The lowest BCUT2D eigenvalue weighted by atomic mass is 10.1. The van der Waals surface area contributed by atoms with Gasteiger partial charge in [0.2, 0.25) is 5.91 Å². The number of aliphatic carboxylic acids is 1. The number of hydrogen-bond donors (Lipinski definition) is 4. The van der Waals surface area contributed by atoms with Crippen LogP contribution >= 0.6 is 23.2 Å². The number of nitrogens with one attached hydrogen (secondary N) is 1. The molecule has 0 saturated heterocycles. The molecule has 0 fully saturated rings. The van der Waals surface area contributed by atoms with Gasteiger partial charge in [0.15, 0.2) is 0 Å². The van der Waals surface area contributed by atoms with Crippen LogP contribution in [0.4, 0.5) is 5.69 Å². The van der Waals surface area contributed by atoms with E-state index in [2.05, 4.69) is 5.32 Å². The molecule has 0 aromatic heterocycles. The molecule has 0 radical (unpaired) electrons. The third kappa shape index (κ3) is 4.89. The first-order valence-corrected chi connectivity index (χ1v) is 6.48. The maximum Gasteiger partial charge on any atom is 0.337 e. The summed E-state index contributed by atoms with van der Waals surface area (Å²) in [5, 5.41) is 19.9. The van der Waals surface area contributed by atoms with Crippen molar-refractivity contribution in [1.82, 2.24) is 0 Å². The van der Waals surface area contributed by atoms with Crippen molar-refractivity contribution in [2.24, 2.45) is 5.73 Å². The van der Waals surface area contributed by atoms with Gasteiger partial charge in [0.25, 0.3) is 0 Å². The highest BCUT2D eigenvalue weighted by Crippen LogP contribution is 2.30. The highest BCUT2D eigenvalue weighted by atomic mass is 35.5. The van der Waals surface area contributed by atoms with E-state index < -0.39 is 23.9 Å². The van der Waals surface area contributed by atoms with Gasteiger partial charge >= 0.3 is 11.9 Å². The normalized spacial score (nSPS) is 11.8. The van der Waals surface area contributed by atoms with Crippen LogP contribution in [0.25, 0.3) is 0 Å². The van der Waals surface area contributed by atoms with E-state index in [4.69, 9.17) is 39.1 Å². The van der Waals surface area contributed by atoms with E-state index in [1.807, 2.05) is 0 Å². The fraction of sp³-hybridized carbons (Fsp3) is 0.250. The van der Waals surface area contributed by atoms with Gasteiger partial charge in [0.05, 0.1) is 22.3 Å². The van der Waals surface area contributed by atoms with Crippen LogP contribution in [0.1, 0.15) is 23.2 Å². The Balaban J connectivity index is 2.94. The largest absolute Gasteiger partial charge is 0.481 e. The van der Waals surface area contributed by atoms with Gasteiger partial charge in [0.1, 0.15) is 0 Å². The SMILES string of the molecule is NC(CCC(=O)O)C(=O)Nc1c(Cl)cc(Cl)cc1C(=O)O. The number of benzene rings is 1. The Labute approximate surface area is 129 Å². The van der Waals surface area contributed by atoms with Crippen molar-refractivity contribution < 1.29 is 24.6 Å². The van der Waals surface area contributed by atoms with E-state index in [1.165, 1.54) is 6.07 Å². The fourth-order valence-corrected chi connectivity index (χ4v) is 2.04. The maximum absolute atomic E-state index is 11.8. The number of aromatic carboxylic acids is 1. The van der Waals surface area contributed by atoms with Gasteiger partial charge in [0, 0.05) is 11.4 Å². The van der Waals surface area contributed by atoms with Crippen molar-refractivity contribution in [3.8, 4) is 0 Å². The first-order valence-electron chi connectivity index (χ1n) is 5.73. The lowest BCUT2D eigenvalue weighted by molar-refractivity contribution is -0.137. The third-order valence-corrected chi connectivity index (χ3v) is 3.06. The van der Waals surface area contributed by atoms with Crippen molar-refractivity contribution in [2.75, 3.05) is 5.32 Å². The summed E-state index contributed by atoms with van der Waals surface area (Å²) in [6, 6.07) is 1.30. The minimum Gasteiger partial charge on any atom is -0.481 e. The summed E-state index contributed by atoms with van der Waals surface area (Å²) in [6.07, 6.45) is -0.372. The van der Waals surface area contributed by atoms with Gasteiger partial charge in [-0.25, -0.2) is 4.79 Å². The molecule has 9 heteroatoms. The van der Waals surface area contributed by atoms with Crippen LogP contribution in [-0.4, -0.2) is 34.1 Å². The van der Waals surface area contributed by atoms with Crippen molar-refractivity contribution in [2.45, 2.75) is 18.9 Å². The van der Waals surface area contributed by atoms with Crippen molar-refractivity contribution >= 4 is 46.7 Å². The molecule has 21 heavy (non-hydrogen) atoms. The summed E-state index contributed by atoms with van der Waals surface area (Å²) >= 11 is 11.6. The molecule has 1 unspecified atom stereocenters. The Morgan fingerprint density at radius 1 is 1.24 bits per heavy atom.